The summed E-state index contributed by atoms with van der Waals surface area (Å²) >= 11 is 1.12. The zero-order valence-corrected chi connectivity index (χ0v) is 11.7. The zero-order chi connectivity index (χ0) is 13.5. The van der Waals surface area contributed by atoms with Gasteiger partial charge in [0.25, 0.3) is 0 Å². The van der Waals surface area contributed by atoms with Crippen LogP contribution >= 0.6 is 11.3 Å². The van der Waals surface area contributed by atoms with Gasteiger partial charge in [-0.25, -0.2) is 18.5 Å². The Morgan fingerprint density at radius 2 is 2.00 bits per heavy atom. The van der Waals surface area contributed by atoms with Crippen molar-refractivity contribution in [1.29, 1.82) is 0 Å². The van der Waals surface area contributed by atoms with Crippen molar-refractivity contribution >= 4 is 26.5 Å². The minimum Gasteiger partial charge on any atom is -0.343 e. The normalized spacial score (nSPS) is 15.3. The number of primary sulfonamides is 1. The Morgan fingerprint density at radius 1 is 1.26 bits per heavy atom. The summed E-state index contributed by atoms with van der Waals surface area (Å²) in [4.78, 5) is 6.25. The van der Waals surface area contributed by atoms with Crippen molar-refractivity contribution in [3.05, 3.63) is 41.6 Å². The number of thiazole rings is 1. The summed E-state index contributed by atoms with van der Waals surface area (Å²) in [6, 6.07) is 8.27. The Balaban J connectivity index is 1.87. The van der Waals surface area contributed by atoms with Gasteiger partial charge in [-0.05, 0) is 17.5 Å². The number of hydrogen-bond donors (Lipinski definition) is 1. The van der Waals surface area contributed by atoms with Crippen molar-refractivity contribution in [3.63, 3.8) is 0 Å². The van der Waals surface area contributed by atoms with E-state index in [4.69, 9.17) is 5.14 Å². The molecule has 2 heterocycles. The highest BCUT2D eigenvalue weighted by Gasteiger charge is 2.20. The van der Waals surface area contributed by atoms with Gasteiger partial charge in [0.2, 0.25) is 10.0 Å². The van der Waals surface area contributed by atoms with Gasteiger partial charge < -0.3 is 4.90 Å². The Morgan fingerprint density at radius 3 is 2.68 bits per heavy atom. The van der Waals surface area contributed by atoms with Gasteiger partial charge in [0.05, 0.1) is 6.20 Å². The van der Waals surface area contributed by atoms with Crippen LogP contribution in [0.5, 0.6) is 0 Å². The molecule has 3 rings (SSSR count). The number of sulfonamides is 1. The molecule has 0 aliphatic carbocycles. The summed E-state index contributed by atoms with van der Waals surface area (Å²) in [6.07, 6.45) is 2.27. The molecule has 0 saturated heterocycles. The minimum atomic E-state index is -3.65. The maximum Gasteiger partial charge on any atom is 0.249 e. The second-order valence-corrected chi connectivity index (χ2v) is 7.24. The molecule has 2 N–H and O–H groups in total. The van der Waals surface area contributed by atoms with E-state index in [1.165, 1.54) is 17.3 Å². The van der Waals surface area contributed by atoms with Crippen molar-refractivity contribution < 1.29 is 8.42 Å². The monoisotopic (exact) mass is 295 g/mol. The number of rotatable bonds is 2. The summed E-state index contributed by atoms with van der Waals surface area (Å²) in [5.74, 6) is 0. The molecular weight excluding hydrogens is 282 g/mol. The maximum absolute atomic E-state index is 11.3. The van der Waals surface area contributed by atoms with E-state index < -0.39 is 10.0 Å². The highest BCUT2D eigenvalue weighted by molar-refractivity contribution is 7.91. The number of fused-ring (bicyclic) bond motifs is 1. The molecule has 0 amide bonds. The zero-order valence-electron chi connectivity index (χ0n) is 10.1. The highest BCUT2D eigenvalue weighted by Crippen LogP contribution is 2.29. The fraction of sp³-hybridized carbons (Fsp3) is 0.250. The third-order valence-electron chi connectivity index (χ3n) is 3.15. The number of anilines is 1. The van der Waals surface area contributed by atoms with Crippen LogP contribution in [0, 0.1) is 0 Å². The number of hydrogen-bond acceptors (Lipinski definition) is 5. The van der Waals surface area contributed by atoms with Gasteiger partial charge in [-0.3, -0.25) is 0 Å². The van der Waals surface area contributed by atoms with Crippen LogP contribution < -0.4 is 10.0 Å². The van der Waals surface area contributed by atoms with E-state index in [1.807, 2.05) is 12.1 Å². The Labute approximate surface area is 115 Å². The standard InChI is InChI=1S/C12H13N3O2S2/c13-19(16,17)11-7-14-12(18-11)15-6-5-9-3-1-2-4-10(9)8-15/h1-4,7H,5-6,8H2,(H2,13,16,17). The quantitative estimate of drug-likeness (QED) is 0.907. The molecule has 7 heteroatoms. The molecule has 0 spiro atoms. The van der Waals surface area contributed by atoms with E-state index in [9.17, 15) is 8.42 Å². The average Bonchev–Trinajstić information content (AvgIpc) is 2.87. The lowest BCUT2D eigenvalue weighted by Crippen LogP contribution is -2.30. The molecule has 0 unspecified atom stereocenters. The molecule has 0 bridgehead atoms. The van der Waals surface area contributed by atoms with E-state index in [0.717, 1.165) is 30.8 Å². The molecule has 0 atom stereocenters. The summed E-state index contributed by atoms with van der Waals surface area (Å²) < 4.78 is 22.6. The lowest BCUT2D eigenvalue weighted by molar-refractivity contribution is 0.599. The minimum absolute atomic E-state index is 0.112. The van der Waals surface area contributed by atoms with Crippen molar-refractivity contribution in [2.75, 3.05) is 11.4 Å². The third-order valence-corrected chi connectivity index (χ3v) is 5.62. The van der Waals surface area contributed by atoms with Gasteiger partial charge in [0, 0.05) is 13.1 Å². The molecule has 1 aliphatic rings. The van der Waals surface area contributed by atoms with Crippen LogP contribution in [0.3, 0.4) is 0 Å². The Kier molecular flexibility index (Phi) is 3.04. The second-order valence-electron chi connectivity index (χ2n) is 4.45. The van der Waals surface area contributed by atoms with Gasteiger partial charge in [-0.2, -0.15) is 0 Å². The molecule has 1 aliphatic heterocycles. The molecular formula is C12H13N3O2S2. The van der Waals surface area contributed by atoms with Crippen LogP contribution in [0.25, 0.3) is 0 Å². The predicted molar refractivity (Wildman–Crippen MR) is 74.7 cm³/mol. The van der Waals surface area contributed by atoms with Crippen LogP contribution in [0.1, 0.15) is 11.1 Å². The molecule has 5 nitrogen and oxygen atoms in total. The van der Waals surface area contributed by atoms with Crippen LogP contribution in [-0.2, 0) is 23.0 Å². The molecule has 100 valence electrons. The van der Waals surface area contributed by atoms with Crippen LogP contribution in [-0.4, -0.2) is 19.9 Å². The largest absolute Gasteiger partial charge is 0.343 e. The molecule has 19 heavy (non-hydrogen) atoms. The fourth-order valence-corrected chi connectivity index (χ4v) is 3.75. The summed E-state index contributed by atoms with van der Waals surface area (Å²) in [5.41, 5.74) is 2.61. The summed E-state index contributed by atoms with van der Waals surface area (Å²) in [7, 11) is -3.65. The third kappa shape index (κ3) is 2.49. The molecule has 0 fully saturated rings. The molecule has 0 radical (unpaired) electrons. The number of benzene rings is 1. The van der Waals surface area contributed by atoms with Crippen molar-refractivity contribution in [1.82, 2.24) is 4.98 Å². The first-order valence-corrected chi connectivity index (χ1v) is 8.21. The van der Waals surface area contributed by atoms with Gasteiger partial charge >= 0.3 is 0 Å². The van der Waals surface area contributed by atoms with E-state index in [2.05, 4.69) is 22.0 Å². The predicted octanol–water partition coefficient (Wildman–Crippen LogP) is 1.35. The highest BCUT2D eigenvalue weighted by atomic mass is 32.2. The Bertz CT molecular complexity index is 709. The number of nitrogens with zero attached hydrogens (tertiary/aromatic N) is 2. The van der Waals surface area contributed by atoms with Crippen molar-refractivity contribution in [2.45, 2.75) is 17.2 Å². The summed E-state index contributed by atoms with van der Waals surface area (Å²) in [6.45, 7) is 1.60. The number of nitrogens with two attached hydrogens (primary N) is 1. The van der Waals surface area contributed by atoms with E-state index >= 15 is 0 Å². The van der Waals surface area contributed by atoms with Gasteiger partial charge in [-0.1, -0.05) is 35.6 Å². The smallest absolute Gasteiger partial charge is 0.249 e. The SMILES string of the molecule is NS(=O)(=O)c1cnc(N2CCc3ccccc3C2)s1. The second kappa shape index (κ2) is 4.59. The molecule has 0 saturated carbocycles. The van der Waals surface area contributed by atoms with Gasteiger partial charge in [0.15, 0.2) is 9.34 Å². The lowest BCUT2D eigenvalue weighted by Gasteiger charge is -2.28. The first kappa shape index (κ1) is 12.6. The first-order chi connectivity index (χ1) is 9.04. The Hall–Kier alpha value is -1.44. The first-order valence-electron chi connectivity index (χ1n) is 5.84. The summed E-state index contributed by atoms with van der Waals surface area (Å²) in [5, 5.41) is 5.81. The van der Waals surface area contributed by atoms with Crippen LogP contribution in [0.2, 0.25) is 0 Å². The maximum atomic E-state index is 11.3. The molecule has 1 aromatic heterocycles. The van der Waals surface area contributed by atoms with Crippen molar-refractivity contribution in [3.8, 4) is 0 Å². The average molecular weight is 295 g/mol. The number of aromatic nitrogens is 1. The van der Waals surface area contributed by atoms with Crippen molar-refractivity contribution in [2.24, 2.45) is 5.14 Å². The lowest BCUT2D eigenvalue weighted by atomic mass is 10.0. The van der Waals surface area contributed by atoms with Crippen LogP contribution in [0.4, 0.5) is 5.13 Å². The van der Waals surface area contributed by atoms with Gasteiger partial charge in [-0.15, -0.1) is 0 Å². The molecule has 1 aromatic carbocycles. The van der Waals surface area contributed by atoms with E-state index in [-0.39, 0.29) is 4.21 Å². The van der Waals surface area contributed by atoms with Crippen LogP contribution in [0.15, 0.2) is 34.7 Å². The topological polar surface area (TPSA) is 76.3 Å². The van der Waals surface area contributed by atoms with E-state index in [1.54, 1.807) is 0 Å². The van der Waals surface area contributed by atoms with Gasteiger partial charge in [0.1, 0.15) is 0 Å². The van der Waals surface area contributed by atoms with E-state index in [0.29, 0.717) is 5.13 Å². The molecule has 2 aromatic rings. The fourth-order valence-electron chi connectivity index (χ4n) is 2.19.